The average molecular weight is 236 g/mol. The summed E-state index contributed by atoms with van der Waals surface area (Å²) in [4.78, 5) is 19.8. The number of rotatable bonds is 5. The average Bonchev–Trinajstić information content (AvgIpc) is 2.14. The minimum absolute atomic E-state index is 0.0628. The minimum atomic E-state index is -0.870. The Labute approximate surface area is 96.6 Å². The van der Waals surface area contributed by atoms with Gasteiger partial charge in [-0.15, -0.1) is 0 Å². The Hall–Kier alpha value is -1.14. The fourth-order valence-electron chi connectivity index (χ4n) is 0.552. The molecule has 0 aromatic rings. The molecule has 0 saturated carbocycles. The van der Waals surface area contributed by atoms with Crippen LogP contribution in [0, 0.1) is 0 Å². The van der Waals surface area contributed by atoms with E-state index in [9.17, 15) is 9.59 Å². The molecule has 16 heavy (non-hydrogen) atoms. The van der Waals surface area contributed by atoms with E-state index < -0.39 is 11.9 Å². The van der Waals surface area contributed by atoms with Gasteiger partial charge in [0.15, 0.2) is 0 Å². The Morgan fingerprint density at radius 1 is 0.875 bits per heavy atom. The summed E-state index contributed by atoms with van der Waals surface area (Å²) < 4.78 is 0. The summed E-state index contributed by atoms with van der Waals surface area (Å²) in [6.45, 7) is 5.31. The molecule has 6 N–H and O–H groups in total. The molecule has 0 aliphatic carbocycles. The van der Waals surface area contributed by atoms with E-state index in [0.29, 0.717) is 12.8 Å². The summed E-state index contributed by atoms with van der Waals surface area (Å²) >= 11 is 0. The number of aliphatic carboxylic acids is 2. The third-order valence-electron chi connectivity index (χ3n) is 1.03. The highest BCUT2D eigenvalue weighted by molar-refractivity contribution is 5.67. The van der Waals surface area contributed by atoms with E-state index in [2.05, 4.69) is 0 Å². The lowest BCUT2D eigenvalue weighted by Gasteiger charge is -1.92. The second-order valence-electron chi connectivity index (χ2n) is 2.81. The van der Waals surface area contributed by atoms with Crippen LogP contribution in [-0.2, 0) is 9.59 Å². The molecule has 0 aliphatic heterocycles. The molecule has 0 amide bonds. The number of carboxylic acid groups (broad SMARTS) is 2. The molecule has 0 aromatic carbocycles. The number of carbonyl (C=O) groups is 2. The molecule has 0 atom stereocenters. The number of hydrogen-bond donors (Lipinski definition) is 4. The molecule has 0 aromatic heterocycles. The maximum absolute atomic E-state index is 9.90. The molecule has 0 unspecified atom stereocenters. The second kappa shape index (κ2) is 19.4. The van der Waals surface area contributed by atoms with Crippen LogP contribution in [0.3, 0.4) is 0 Å². The highest BCUT2D eigenvalue weighted by atomic mass is 16.4. The Balaban J connectivity index is -0.000000235. The Morgan fingerprint density at radius 2 is 1.06 bits per heavy atom. The first kappa shape index (κ1) is 20.3. The standard InChI is InChI=1S/C6H10O4.2C2H7N/c7-5(8)3-1-2-4-6(9)10;2*1-2-3/h1-4H2,(H,7,8)(H,9,10);2*2-3H2,1H3. The third kappa shape index (κ3) is 52.7. The maximum Gasteiger partial charge on any atom is 0.303 e. The van der Waals surface area contributed by atoms with E-state index in [1.165, 1.54) is 0 Å². The SMILES string of the molecule is CCN.CCN.O=C(O)CCCCC(=O)O. The Bertz CT molecular complexity index is 145. The van der Waals surface area contributed by atoms with Crippen LogP contribution < -0.4 is 11.5 Å². The van der Waals surface area contributed by atoms with Crippen molar-refractivity contribution in [1.29, 1.82) is 0 Å². The van der Waals surface area contributed by atoms with Crippen LogP contribution in [0.5, 0.6) is 0 Å². The van der Waals surface area contributed by atoms with E-state index in [4.69, 9.17) is 21.7 Å². The minimum Gasteiger partial charge on any atom is -0.481 e. The molecule has 6 nitrogen and oxygen atoms in total. The topological polar surface area (TPSA) is 127 Å². The van der Waals surface area contributed by atoms with E-state index >= 15 is 0 Å². The molecular weight excluding hydrogens is 212 g/mol. The van der Waals surface area contributed by atoms with Gasteiger partial charge in [0.2, 0.25) is 0 Å². The zero-order valence-electron chi connectivity index (χ0n) is 10.1. The maximum atomic E-state index is 9.90. The molecule has 0 spiro atoms. The molecule has 0 saturated heterocycles. The van der Waals surface area contributed by atoms with Gasteiger partial charge in [-0.2, -0.15) is 0 Å². The lowest BCUT2D eigenvalue weighted by atomic mass is 10.2. The van der Waals surface area contributed by atoms with Gasteiger partial charge in [-0.1, -0.05) is 13.8 Å². The van der Waals surface area contributed by atoms with Gasteiger partial charge in [-0.3, -0.25) is 9.59 Å². The van der Waals surface area contributed by atoms with E-state index in [1.54, 1.807) is 0 Å². The van der Waals surface area contributed by atoms with Crippen molar-refractivity contribution in [2.75, 3.05) is 13.1 Å². The molecule has 0 heterocycles. The number of hydrogen-bond acceptors (Lipinski definition) is 4. The smallest absolute Gasteiger partial charge is 0.303 e. The molecule has 98 valence electrons. The van der Waals surface area contributed by atoms with Crippen LogP contribution in [0.15, 0.2) is 0 Å². The van der Waals surface area contributed by atoms with Crippen molar-refractivity contribution in [3.8, 4) is 0 Å². The van der Waals surface area contributed by atoms with Crippen molar-refractivity contribution in [1.82, 2.24) is 0 Å². The van der Waals surface area contributed by atoms with Crippen molar-refractivity contribution in [2.45, 2.75) is 39.5 Å². The Kier molecular flexibility index (Phi) is 24.7. The molecule has 0 radical (unpaired) electrons. The molecule has 0 bridgehead atoms. The van der Waals surface area contributed by atoms with Crippen LogP contribution in [-0.4, -0.2) is 35.2 Å². The summed E-state index contributed by atoms with van der Waals surface area (Å²) in [5.41, 5.74) is 9.69. The summed E-state index contributed by atoms with van der Waals surface area (Å²) in [5, 5.41) is 16.3. The van der Waals surface area contributed by atoms with Gasteiger partial charge < -0.3 is 21.7 Å². The van der Waals surface area contributed by atoms with Crippen LogP contribution in [0.4, 0.5) is 0 Å². The van der Waals surface area contributed by atoms with E-state index in [-0.39, 0.29) is 12.8 Å². The first-order valence-electron chi connectivity index (χ1n) is 5.29. The Morgan fingerprint density at radius 3 is 1.19 bits per heavy atom. The van der Waals surface area contributed by atoms with Gasteiger partial charge in [0.1, 0.15) is 0 Å². The van der Waals surface area contributed by atoms with Crippen LogP contribution in [0.1, 0.15) is 39.5 Å². The monoisotopic (exact) mass is 236 g/mol. The largest absolute Gasteiger partial charge is 0.481 e. The predicted octanol–water partition coefficient (Wildman–Crippen LogP) is 0.646. The van der Waals surface area contributed by atoms with Crippen molar-refractivity contribution in [3.63, 3.8) is 0 Å². The molecule has 0 rings (SSSR count). The summed E-state index contributed by atoms with van der Waals surface area (Å²) in [7, 11) is 0. The zero-order valence-corrected chi connectivity index (χ0v) is 10.1. The van der Waals surface area contributed by atoms with Crippen molar-refractivity contribution in [3.05, 3.63) is 0 Å². The lowest BCUT2D eigenvalue weighted by molar-refractivity contribution is -0.139. The third-order valence-corrected chi connectivity index (χ3v) is 1.03. The summed E-state index contributed by atoms with van der Waals surface area (Å²) in [6, 6.07) is 0. The number of carboxylic acids is 2. The second-order valence-corrected chi connectivity index (χ2v) is 2.81. The lowest BCUT2D eigenvalue weighted by Crippen LogP contribution is -1.97. The van der Waals surface area contributed by atoms with E-state index in [1.807, 2.05) is 13.8 Å². The first-order chi connectivity index (χ1) is 7.45. The predicted molar refractivity (Wildman–Crippen MR) is 63.2 cm³/mol. The molecule has 0 aliphatic rings. The van der Waals surface area contributed by atoms with Crippen molar-refractivity contribution < 1.29 is 19.8 Å². The van der Waals surface area contributed by atoms with Crippen molar-refractivity contribution in [2.24, 2.45) is 11.5 Å². The van der Waals surface area contributed by atoms with Gasteiger partial charge in [0.05, 0.1) is 0 Å². The van der Waals surface area contributed by atoms with Gasteiger partial charge in [0.25, 0.3) is 0 Å². The highest BCUT2D eigenvalue weighted by Crippen LogP contribution is 1.98. The van der Waals surface area contributed by atoms with Gasteiger partial charge in [-0.25, -0.2) is 0 Å². The molecular formula is C10H24N2O4. The fraction of sp³-hybridized carbons (Fsp3) is 0.800. The van der Waals surface area contributed by atoms with E-state index in [0.717, 1.165) is 13.1 Å². The van der Waals surface area contributed by atoms with Gasteiger partial charge in [-0.05, 0) is 25.9 Å². The van der Waals surface area contributed by atoms with Crippen molar-refractivity contribution >= 4 is 11.9 Å². The fourth-order valence-corrected chi connectivity index (χ4v) is 0.552. The normalized spacial score (nSPS) is 8.00. The van der Waals surface area contributed by atoms with Crippen LogP contribution >= 0.6 is 0 Å². The first-order valence-corrected chi connectivity index (χ1v) is 5.29. The number of nitrogens with two attached hydrogens (primary N) is 2. The zero-order chi connectivity index (χ0) is 13.4. The van der Waals surface area contributed by atoms with Crippen LogP contribution in [0.25, 0.3) is 0 Å². The van der Waals surface area contributed by atoms with Crippen LogP contribution in [0.2, 0.25) is 0 Å². The molecule has 0 fully saturated rings. The quantitative estimate of drug-likeness (QED) is 0.519. The summed E-state index contributed by atoms with van der Waals surface area (Å²) in [6.07, 6.45) is 1.02. The molecule has 6 heteroatoms. The number of unbranched alkanes of at least 4 members (excludes halogenated alkanes) is 1. The van der Waals surface area contributed by atoms with Gasteiger partial charge >= 0.3 is 11.9 Å². The van der Waals surface area contributed by atoms with Gasteiger partial charge in [0, 0.05) is 12.8 Å². The summed E-state index contributed by atoms with van der Waals surface area (Å²) in [5.74, 6) is -1.74. The highest BCUT2D eigenvalue weighted by Gasteiger charge is 1.99.